The highest BCUT2D eigenvalue weighted by atomic mass is 16.5. The van der Waals surface area contributed by atoms with Crippen LogP contribution in [0, 0.1) is 0 Å². The Morgan fingerprint density at radius 2 is 1.83 bits per heavy atom. The maximum absolute atomic E-state index is 11.3. The van der Waals surface area contributed by atoms with Gasteiger partial charge in [0.15, 0.2) is 0 Å². The molecular formula is C19H31NO3. The van der Waals surface area contributed by atoms with Crippen LogP contribution in [0.2, 0.25) is 0 Å². The van der Waals surface area contributed by atoms with E-state index in [9.17, 15) is 10.2 Å². The van der Waals surface area contributed by atoms with E-state index in [1.165, 1.54) is 0 Å². The van der Waals surface area contributed by atoms with Gasteiger partial charge in [0.05, 0.1) is 11.7 Å². The van der Waals surface area contributed by atoms with Crippen molar-refractivity contribution in [3.8, 4) is 5.75 Å². The lowest BCUT2D eigenvalue weighted by atomic mass is 9.72. The molecule has 0 aliphatic heterocycles. The van der Waals surface area contributed by atoms with Gasteiger partial charge in [-0.3, -0.25) is 0 Å². The first-order valence-electron chi connectivity index (χ1n) is 8.72. The van der Waals surface area contributed by atoms with Crippen LogP contribution in [-0.4, -0.2) is 54.1 Å². The third-order valence-electron chi connectivity index (χ3n) is 4.85. The van der Waals surface area contributed by atoms with Crippen LogP contribution in [0.4, 0.5) is 0 Å². The Morgan fingerprint density at radius 3 is 2.35 bits per heavy atom. The van der Waals surface area contributed by atoms with E-state index in [1.807, 2.05) is 26.2 Å². The number of benzene rings is 1. The Labute approximate surface area is 140 Å². The van der Waals surface area contributed by atoms with Crippen LogP contribution in [0.1, 0.15) is 50.5 Å². The number of ether oxygens (including phenoxy) is 1. The van der Waals surface area contributed by atoms with Crippen LogP contribution in [0.5, 0.6) is 5.75 Å². The van der Waals surface area contributed by atoms with Gasteiger partial charge in [-0.05, 0) is 63.9 Å². The Hall–Kier alpha value is -1.10. The lowest BCUT2D eigenvalue weighted by Gasteiger charge is -2.42. The quantitative estimate of drug-likeness (QED) is 0.810. The van der Waals surface area contributed by atoms with Gasteiger partial charge in [-0.2, -0.15) is 0 Å². The van der Waals surface area contributed by atoms with Crippen molar-refractivity contribution in [2.75, 3.05) is 27.2 Å². The number of phenols is 1. The molecule has 1 atom stereocenters. The van der Waals surface area contributed by atoms with E-state index in [1.54, 1.807) is 12.1 Å². The fraction of sp³-hybridized carbons (Fsp3) is 0.684. The molecule has 4 heteroatoms. The van der Waals surface area contributed by atoms with Crippen LogP contribution in [0.15, 0.2) is 24.3 Å². The molecule has 1 fully saturated rings. The van der Waals surface area contributed by atoms with E-state index in [2.05, 4.69) is 11.8 Å². The molecule has 1 aliphatic carbocycles. The Balaban J connectivity index is 2.10. The van der Waals surface area contributed by atoms with Crippen molar-refractivity contribution in [2.45, 2.75) is 56.7 Å². The molecule has 1 saturated carbocycles. The molecule has 1 aliphatic rings. The first-order valence-corrected chi connectivity index (χ1v) is 8.72. The van der Waals surface area contributed by atoms with Gasteiger partial charge in [0, 0.05) is 19.1 Å². The number of likely N-dealkylation sites (N-methyl/N-ethyl adjacent to an activating group) is 1. The standard InChI is InChI=1S/C19H31NO3/c1-4-13-23-17-9-11-19(22,12-10-17)18(14-20(2)3)15-5-7-16(21)8-6-15/h5-8,17-18,21-22H,4,9-14H2,1-3H3. The monoisotopic (exact) mass is 321 g/mol. The summed E-state index contributed by atoms with van der Waals surface area (Å²) in [5.74, 6) is 0.311. The normalized spacial score (nSPS) is 26.4. The Kier molecular flexibility index (Phi) is 6.45. The Morgan fingerprint density at radius 1 is 1.22 bits per heavy atom. The molecular weight excluding hydrogens is 290 g/mol. The fourth-order valence-electron chi connectivity index (χ4n) is 3.55. The third-order valence-corrected chi connectivity index (χ3v) is 4.85. The maximum Gasteiger partial charge on any atom is 0.115 e. The molecule has 1 aromatic carbocycles. The van der Waals surface area contributed by atoms with Crippen molar-refractivity contribution in [3.05, 3.63) is 29.8 Å². The number of nitrogens with zero attached hydrogens (tertiary/aromatic N) is 1. The Bertz CT molecular complexity index is 464. The first kappa shape index (κ1) is 18.2. The van der Waals surface area contributed by atoms with E-state index in [0.717, 1.165) is 50.8 Å². The highest BCUT2D eigenvalue weighted by molar-refractivity contribution is 5.30. The number of hydrogen-bond acceptors (Lipinski definition) is 4. The van der Waals surface area contributed by atoms with Crippen molar-refractivity contribution >= 4 is 0 Å². The average Bonchev–Trinajstić information content (AvgIpc) is 2.53. The molecule has 0 amide bonds. The molecule has 1 unspecified atom stereocenters. The summed E-state index contributed by atoms with van der Waals surface area (Å²) >= 11 is 0. The van der Waals surface area contributed by atoms with E-state index in [-0.39, 0.29) is 17.8 Å². The molecule has 0 aromatic heterocycles. The van der Waals surface area contributed by atoms with Crippen molar-refractivity contribution in [3.63, 3.8) is 0 Å². The highest BCUT2D eigenvalue weighted by Crippen LogP contribution is 2.41. The van der Waals surface area contributed by atoms with Crippen molar-refractivity contribution in [1.29, 1.82) is 0 Å². The molecule has 0 saturated heterocycles. The third kappa shape index (κ3) is 4.93. The summed E-state index contributed by atoms with van der Waals surface area (Å²) in [6.45, 7) is 3.72. The van der Waals surface area contributed by atoms with Crippen LogP contribution in [-0.2, 0) is 4.74 Å². The topological polar surface area (TPSA) is 52.9 Å². The second kappa shape index (κ2) is 8.13. The zero-order valence-electron chi connectivity index (χ0n) is 14.7. The molecule has 1 aromatic rings. The number of phenolic OH excluding ortho intramolecular Hbond substituents is 1. The number of aliphatic hydroxyl groups is 1. The molecule has 2 N–H and O–H groups in total. The first-order chi connectivity index (χ1) is 10.9. The van der Waals surface area contributed by atoms with E-state index < -0.39 is 5.60 Å². The number of hydrogen-bond donors (Lipinski definition) is 2. The zero-order chi connectivity index (χ0) is 16.9. The summed E-state index contributed by atoms with van der Waals surface area (Å²) in [5.41, 5.74) is 0.389. The lowest BCUT2D eigenvalue weighted by Crippen LogP contribution is -2.45. The molecule has 130 valence electrons. The van der Waals surface area contributed by atoms with Crippen LogP contribution in [0.25, 0.3) is 0 Å². The minimum Gasteiger partial charge on any atom is -0.508 e. The summed E-state index contributed by atoms with van der Waals surface area (Å²) < 4.78 is 5.85. The van der Waals surface area contributed by atoms with Crippen molar-refractivity contribution in [2.24, 2.45) is 0 Å². The molecule has 4 nitrogen and oxygen atoms in total. The summed E-state index contributed by atoms with van der Waals surface area (Å²) in [6, 6.07) is 7.27. The second-order valence-corrected chi connectivity index (χ2v) is 7.08. The summed E-state index contributed by atoms with van der Waals surface area (Å²) in [6.07, 6.45) is 4.69. The minimum absolute atomic E-state index is 0.0465. The van der Waals surface area contributed by atoms with Gasteiger partial charge < -0.3 is 19.8 Å². The van der Waals surface area contributed by atoms with E-state index in [0.29, 0.717) is 0 Å². The summed E-state index contributed by atoms with van der Waals surface area (Å²) in [4.78, 5) is 2.12. The van der Waals surface area contributed by atoms with Gasteiger partial charge in [-0.15, -0.1) is 0 Å². The maximum atomic E-state index is 11.3. The molecule has 0 bridgehead atoms. The van der Waals surface area contributed by atoms with E-state index >= 15 is 0 Å². The minimum atomic E-state index is -0.701. The molecule has 0 heterocycles. The molecule has 0 spiro atoms. The molecule has 0 radical (unpaired) electrons. The summed E-state index contributed by atoms with van der Waals surface area (Å²) in [7, 11) is 4.07. The lowest BCUT2D eigenvalue weighted by molar-refractivity contribution is -0.0731. The highest BCUT2D eigenvalue weighted by Gasteiger charge is 2.41. The SMILES string of the molecule is CCCOC1CCC(O)(C(CN(C)C)c2ccc(O)cc2)CC1. The van der Waals surface area contributed by atoms with Crippen LogP contribution < -0.4 is 0 Å². The number of rotatable bonds is 7. The largest absolute Gasteiger partial charge is 0.508 e. The second-order valence-electron chi connectivity index (χ2n) is 7.08. The predicted molar refractivity (Wildman–Crippen MR) is 92.9 cm³/mol. The van der Waals surface area contributed by atoms with Gasteiger partial charge in [-0.25, -0.2) is 0 Å². The fourth-order valence-corrected chi connectivity index (χ4v) is 3.55. The van der Waals surface area contributed by atoms with Gasteiger partial charge in [0.25, 0.3) is 0 Å². The molecule has 2 rings (SSSR count). The van der Waals surface area contributed by atoms with Crippen molar-refractivity contribution < 1.29 is 14.9 Å². The van der Waals surface area contributed by atoms with Crippen LogP contribution in [0.3, 0.4) is 0 Å². The number of aromatic hydroxyl groups is 1. The summed E-state index contributed by atoms with van der Waals surface area (Å²) in [5, 5.41) is 20.8. The van der Waals surface area contributed by atoms with E-state index in [4.69, 9.17) is 4.74 Å². The van der Waals surface area contributed by atoms with Gasteiger partial charge in [-0.1, -0.05) is 19.1 Å². The van der Waals surface area contributed by atoms with Gasteiger partial charge in [0.1, 0.15) is 5.75 Å². The molecule has 23 heavy (non-hydrogen) atoms. The predicted octanol–water partition coefficient (Wildman–Crippen LogP) is 3.14. The van der Waals surface area contributed by atoms with Crippen molar-refractivity contribution in [1.82, 2.24) is 4.90 Å². The van der Waals surface area contributed by atoms with Crippen LogP contribution >= 0.6 is 0 Å². The average molecular weight is 321 g/mol. The zero-order valence-corrected chi connectivity index (χ0v) is 14.7. The van der Waals surface area contributed by atoms with Gasteiger partial charge >= 0.3 is 0 Å². The smallest absolute Gasteiger partial charge is 0.115 e. The van der Waals surface area contributed by atoms with Gasteiger partial charge in [0.2, 0.25) is 0 Å².